The molecule has 2 atom stereocenters. The summed E-state index contributed by atoms with van der Waals surface area (Å²) in [6.45, 7) is 0.861. The van der Waals surface area contributed by atoms with E-state index >= 15 is 0 Å². The molecule has 2 N–H and O–H groups in total. The molecule has 6 rings (SSSR count). The molecule has 4 aromatic carbocycles. The van der Waals surface area contributed by atoms with Crippen molar-refractivity contribution < 1.29 is 47.5 Å². The number of amides is 1. The molecule has 52 heavy (non-hydrogen) atoms. The van der Waals surface area contributed by atoms with Crippen molar-refractivity contribution in [2.24, 2.45) is 5.16 Å². The van der Waals surface area contributed by atoms with E-state index in [1.165, 1.54) is 0 Å². The zero-order chi connectivity index (χ0) is 36.6. The topological polar surface area (TPSA) is 137 Å². The summed E-state index contributed by atoms with van der Waals surface area (Å²) < 4.78 is 45.7. The van der Waals surface area contributed by atoms with Crippen LogP contribution in [0.4, 0.5) is 5.69 Å². The summed E-state index contributed by atoms with van der Waals surface area (Å²) in [4.78, 5) is 18.5. The van der Waals surface area contributed by atoms with E-state index in [-0.39, 0.29) is 12.0 Å². The number of hydrogen-bond acceptors (Lipinski definition) is 12. The van der Waals surface area contributed by atoms with Crippen molar-refractivity contribution in [2.45, 2.75) is 31.5 Å². The highest BCUT2D eigenvalue weighted by molar-refractivity contribution is 6.02. The standard InChI is InChI=1S/C39H43N3O10/c1-44-31-17-23(38-40-27-12-8-7-11-26(27)39(43)41-38)13-14-29(31)50-15-9-10-16-51-37-34(47-4)20-25(21-35(37)48-5)30-22-28(42-52-30)24-18-32(45-2)36(49-6)33(19-24)46-3/h7-8,11-14,17-21,30,38,40H,9-10,15-16,22H2,1-6H3,(H,41,43). The van der Waals surface area contributed by atoms with Crippen LogP contribution in [0.25, 0.3) is 0 Å². The number of hydrogen-bond donors (Lipinski definition) is 2. The zero-order valence-electron chi connectivity index (χ0n) is 30.1. The maximum atomic E-state index is 12.6. The number of ether oxygens (including phenoxy) is 8. The lowest BCUT2D eigenvalue weighted by molar-refractivity contribution is 0.0852. The van der Waals surface area contributed by atoms with Crippen molar-refractivity contribution in [3.63, 3.8) is 0 Å². The molecule has 4 aromatic rings. The average molecular weight is 714 g/mol. The van der Waals surface area contributed by atoms with Crippen LogP contribution in [-0.2, 0) is 4.84 Å². The van der Waals surface area contributed by atoms with Gasteiger partial charge < -0.3 is 53.4 Å². The fourth-order valence-corrected chi connectivity index (χ4v) is 6.12. The first-order valence-electron chi connectivity index (χ1n) is 16.8. The second kappa shape index (κ2) is 16.4. The van der Waals surface area contributed by atoms with Crippen LogP contribution in [0.3, 0.4) is 0 Å². The van der Waals surface area contributed by atoms with E-state index in [2.05, 4.69) is 15.8 Å². The number of carbonyl (C=O) groups excluding carboxylic acids is 1. The van der Waals surface area contributed by atoms with E-state index in [1.807, 2.05) is 60.7 Å². The van der Waals surface area contributed by atoms with Crippen LogP contribution in [0.5, 0.6) is 46.0 Å². The van der Waals surface area contributed by atoms with Crippen LogP contribution in [0.15, 0.2) is 71.9 Å². The zero-order valence-corrected chi connectivity index (χ0v) is 30.1. The number of oxime groups is 1. The van der Waals surface area contributed by atoms with Gasteiger partial charge >= 0.3 is 0 Å². The maximum absolute atomic E-state index is 12.6. The molecule has 0 saturated carbocycles. The Labute approximate surface area is 302 Å². The van der Waals surface area contributed by atoms with Gasteiger partial charge in [-0.2, -0.15) is 0 Å². The molecule has 2 aliphatic heterocycles. The Morgan fingerprint density at radius 2 is 1.27 bits per heavy atom. The highest BCUT2D eigenvalue weighted by Crippen LogP contribution is 2.44. The molecule has 0 radical (unpaired) electrons. The van der Waals surface area contributed by atoms with Crippen molar-refractivity contribution >= 4 is 17.3 Å². The van der Waals surface area contributed by atoms with Gasteiger partial charge in [0.25, 0.3) is 5.91 Å². The molecule has 13 nitrogen and oxygen atoms in total. The van der Waals surface area contributed by atoms with Crippen molar-refractivity contribution in [3.05, 3.63) is 89.0 Å². The summed E-state index contributed by atoms with van der Waals surface area (Å²) in [5, 5.41) is 10.7. The van der Waals surface area contributed by atoms with Gasteiger partial charge in [0.05, 0.1) is 67.1 Å². The number of nitrogens with zero attached hydrogens (tertiary/aromatic N) is 1. The molecule has 0 aromatic heterocycles. The summed E-state index contributed by atoms with van der Waals surface area (Å²) in [7, 11) is 9.47. The second-order valence-electron chi connectivity index (χ2n) is 11.9. The van der Waals surface area contributed by atoms with Gasteiger partial charge in [-0.25, -0.2) is 0 Å². The van der Waals surface area contributed by atoms with Crippen molar-refractivity contribution in [3.8, 4) is 46.0 Å². The molecule has 2 unspecified atom stereocenters. The number of methoxy groups -OCH3 is 6. The van der Waals surface area contributed by atoms with Crippen LogP contribution in [-0.4, -0.2) is 67.5 Å². The van der Waals surface area contributed by atoms with Crippen LogP contribution in [0.2, 0.25) is 0 Å². The van der Waals surface area contributed by atoms with Gasteiger partial charge in [-0.05, 0) is 66.9 Å². The lowest BCUT2D eigenvalue weighted by Gasteiger charge is -2.28. The predicted octanol–water partition coefficient (Wildman–Crippen LogP) is 6.70. The molecular formula is C39H43N3O10. The maximum Gasteiger partial charge on any atom is 0.255 e. The van der Waals surface area contributed by atoms with E-state index in [0.29, 0.717) is 77.6 Å². The SMILES string of the molecule is COc1cc(C2NC(=O)c3ccccc3N2)ccc1OCCCCOc1c(OC)cc(C2CC(c3cc(OC)c(OC)c(OC)c3)=NO2)cc1OC. The molecule has 2 heterocycles. The Kier molecular flexibility index (Phi) is 11.3. The molecule has 0 spiro atoms. The number of carbonyl (C=O) groups is 1. The Morgan fingerprint density at radius 3 is 1.92 bits per heavy atom. The number of benzene rings is 4. The summed E-state index contributed by atoms with van der Waals surface area (Å²) in [6.07, 6.45) is 1.17. The first kappa shape index (κ1) is 35.8. The summed E-state index contributed by atoms with van der Waals surface area (Å²) in [5.74, 6) is 4.17. The number of nitrogens with one attached hydrogen (secondary N) is 2. The van der Waals surface area contributed by atoms with E-state index in [9.17, 15) is 4.79 Å². The summed E-state index contributed by atoms with van der Waals surface area (Å²) in [6, 6.07) is 20.5. The normalized spacial score (nSPS) is 16.0. The molecule has 2 aliphatic rings. The highest BCUT2D eigenvalue weighted by atomic mass is 16.6. The third kappa shape index (κ3) is 7.53. The fraction of sp³-hybridized carbons (Fsp3) is 0.333. The fourth-order valence-electron chi connectivity index (χ4n) is 6.12. The molecule has 0 bridgehead atoms. The molecular weight excluding hydrogens is 670 g/mol. The average Bonchev–Trinajstić information content (AvgIpc) is 3.69. The Balaban J connectivity index is 1.03. The van der Waals surface area contributed by atoms with Gasteiger partial charge in [-0.15, -0.1) is 0 Å². The number of unbranched alkanes of at least 4 members (excludes halogenated alkanes) is 1. The number of fused-ring (bicyclic) bond motifs is 1. The van der Waals surface area contributed by atoms with Gasteiger partial charge in [0.1, 0.15) is 6.17 Å². The molecule has 274 valence electrons. The van der Waals surface area contributed by atoms with Crippen LogP contribution in [0, 0.1) is 0 Å². The van der Waals surface area contributed by atoms with Crippen LogP contribution in [0.1, 0.15) is 58.6 Å². The van der Waals surface area contributed by atoms with E-state index in [0.717, 1.165) is 34.5 Å². The minimum Gasteiger partial charge on any atom is -0.493 e. The summed E-state index contributed by atoms with van der Waals surface area (Å²) in [5.41, 5.74) is 4.60. The first-order valence-corrected chi connectivity index (χ1v) is 16.8. The first-order chi connectivity index (χ1) is 25.4. The molecule has 13 heteroatoms. The summed E-state index contributed by atoms with van der Waals surface area (Å²) >= 11 is 0. The van der Waals surface area contributed by atoms with E-state index < -0.39 is 6.17 Å². The number of rotatable bonds is 16. The Hall–Kier alpha value is -5.98. The highest BCUT2D eigenvalue weighted by Gasteiger charge is 2.29. The third-order valence-electron chi connectivity index (χ3n) is 8.83. The van der Waals surface area contributed by atoms with Gasteiger partial charge in [0.2, 0.25) is 11.5 Å². The van der Waals surface area contributed by atoms with Gasteiger partial charge in [0.15, 0.2) is 40.6 Å². The molecule has 0 fully saturated rings. The number of para-hydroxylation sites is 1. The minimum atomic E-state index is -0.393. The smallest absolute Gasteiger partial charge is 0.255 e. The van der Waals surface area contributed by atoms with Crippen LogP contribution < -0.4 is 48.5 Å². The minimum absolute atomic E-state index is 0.132. The predicted molar refractivity (Wildman–Crippen MR) is 194 cm³/mol. The van der Waals surface area contributed by atoms with Gasteiger partial charge in [-0.3, -0.25) is 4.79 Å². The Bertz CT molecular complexity index is 1880. The quantitative estimate of drug-likeness (QED) is 0.120. The molecule has 0 aliphatic carbocycles. The van der Waals surface area contributed by atoms with E-state index in [4.69, 9.17) is 42.7 Å². The van der Waals surface area contributed by atoms with Gasteiger partial charge in [-0.1, -0.05) is 23.4 Å². The largest absolute Gasteiger partial charge is 0.493 e. The third-order valence-corrected chi connectivity index (χ3v) is 8.83. The Morgan fingerprint density at radius 1 is 0.654 bits per heavy atom. The van der Waals surface area contributed by atoms with E-state index in [1.54, 1.807) is 48.7 Å². The lowest BCUT2D eigenvalue weighted by atomic mass is 9.99. The molecule has 0 saturated heterocycles. The van der Waals surface area contributed by atoms with Crippen molar-refractivity contribution in [1.82, 2.24) is 5.32 Å². The second-order valence-corrected chi connectivity index (χ2v) is 11.9. The molecule has 1 amide bonds. The van der Waals surface area contributed by atoms with Crippen LogP contribution >= 0.6 is 0 Å². The monoisotopic (exact) mass is 713 g/mol. The lowest BCUT2D eigenvalue weighted by Crippen LogP contribution is -2.38. The van der Waals surface area contributed by atoms with Gasteiger partial charge in [0, 0.05) is 23.2 Å². The number of anilines is 1. The van der Waals surface area contributed by atoms with Crippen molar-refractivity contribution in [2.75, 3.05) is 61.2 Å². The van der Waals surface area contributed by atoms with Crippen molar-refractivity contribution in [1.29, 1.82) is 0 Å².